The van der Waals surface area contributed by atoms with Gasteiger partial charge < -0.3 is 10.0 Å². The van der Waals surface area contributed by atoms with E-state index in [9.17, 15) is 4.79 Å². The Morgan fingerprint density at radius 2 is 1.90 bits per heavy atom. The molecule has 2 aromatic rings. The fourth-order valence-electron chi connectivity index (χ4n) is 2.32. The maximum atomic E-state index is 10.9. The van der Waals surface area contributed by atoms with E-state index in [1.165, 1.54) is 15.3 Å². The Hall–Kier alpha value is -1.81. The van der Waals surface area contributed by atoms with Crippen molar-refractivity contribution < 1.29 is 9.90 Å². The minimum absolute atomic E-state index is 0.153. The van der Waals surface area contributed by atoms with Crippen molar-refractivity contribution in [2.45, 2.75) is 33.2 Å². The first-order chi connectivity index (χ1) is 10.1. The standard InChI is InChI=1S/C17H21NO2S/c1-3-14-8-9-15(21-14)12-18(11-10-17(19)20)16-7-5-4-6-13(16)2/h4-9H,3,10-12H2,1-2H3,(H,19,20). The molecule has 0 radical (unpaired) electrons. The van der Waals surface area contributed by atoms with Crippen LogP contribution in [0.25, 0.3) is 0 Å². The van der Waals surface area contributed by atoms with E-state index in [0.29, 0.717) is 6.54 Å². The number of aliphatic carboxylic acids is 1. The summed E-state index contributed by atoms with van der Waals surface area (Å²) < 4.78 is 0. The van der Waals surface area contributed by atoms with Crippen LogP contribution >= 0.6 is 11.3 Å². The van der Waals surface area contributed by atoms with Crippen LogP contribution < -0.4 is 4.90 Å². The van der Waals surface area contributed by atoms with Crippen LogP contribution in [0.4, 0.5) is 5.69 Å². The Balaban J connectivity index is 2.19. The molecule has 0 aliphatic carbocycles. The van der Waals surface area contributed by atoms with Crippen LogP contribution in [0.1, 0.15) is 28.7 Å². The molecule has 0 bridgehead atoms. The molecule has 1 aromatic heterocycles. The molecular weight excluding hydrogens is 282 g/mol. The molecule has 112 valence electrons. The van der Waals surface area contributed by atoms with Crippen LogP contribution in [0.3, 0.4) is 0 Å². The van der Waals surface area contributed by atoms with Gasteiger partial charge in [-0.3, -0.25) is 4.79 Å². The smallest absolute Gasteiger partial charge is 0.305 e. The molecule has 0 atom stereocenters. The lowest BCUT2D eigenvalue weighted by Crippen LogP contribution is -2.25. The van der Waals surface area contributed by atoms with Gasteiger partial charge in [0.05, 0.1) is 13.0 Å². The number of hydrogen-bond acceptors (Lipinski definition) is 3. The SMILES string of the molecule is CCc1ccc(CN(CCC(=O)O)c2ccccc2C)s1. The van der Waals surface area contributed by atoms with Gasteiger partial charge in [-0.2, -0.15) is 0 Å². The molecule has 2 rings (SSSR count). The summed E-state index contributed by atoms with van der Waals surface area (Å²) in [5.41, 5.74) is 2.29. The number of nitrogens with zero attached hydrogens (tertiary/aromatic N) is 1. The minimum atomic E-state index is -0.756. The number of anilines is 1. The molecule has 1 heterocycles. The number of carboxylic acids is 1. The predicted octanol–water partition coefficient (Wildman–Crippen LogP) is 4.10. The largest absolute Gasteiger partial charge is 0.481 e. The summed E-state index contributed by atoms with van der Waals surface area (Å²) in [6.45, 7) is 5.51. The fourth-order valence-corrected chi connectivity index (χ4v) is 3.29. The van der Waals surface area contributed by atoms with Crippen molar-refractivity contribution in [1.82, 2.24) is 0 Å². The van der Waals surface area contributed by atoms with Crippen LogP contribution in [0, 0.1) is 6.92 Å². The predicted molar refractivity (Wildman–Crippen MR) is 88.2 cm³/mol. The molecule has 0 unspecified atom stereocenters. The van der Waals surface area contributed by atoms with E-state index in [2.05, 4.69) is 43.0 Å². The number of carboxylic acid groups (broad SMARTS) is 1. The van der Waals surface area contributed by atoms with Gasteiger partial charge in [0.25, 0.3) is 0 Å². The van der Waals surface area contributed by atoms with Crippen molar-refractivity contribution in [2.75, 3.05) is 11.4 Å². The van der Waals surface area contributed by atoms with Gasteiger partial charge in [0.2, 0.25) is 0 Å². The number of aryl methyl sites for hydroxylation is 2. The van der Waals surface area contributed by atoms with E-state index in [-0.39, 0.29) is 6.42 Å². The summed E-state index contributed by atoms with van der Waals surface area (Å²) in [5.74, 6) is -0.756. The van der Waals surface area contributed by atoms with Crippen molar-refractivity contribution >= 4 is 23.0 Å². The summed E-state index contributed by atoms with van der Waals surface area (Å²) in [6, 6.07) is 12.4. The van der Waals surface area contributed by atoms with Gasteiger partial charge >= 0.3 is 5.97 Å². The van der Waals surface area contributed by atoms with Crippen molar-refractivity contribution in [3.63, 3.8) is 0 Å². The lowest BCUT2D eigenvalue weighted by atomic mass is 10.1. The second-order valence-corrected chi connectivity index (χ2v) is 6.33. The second kappa shape index (κ2) is 7.27. The molecule has 4 heteroatoms. The molecule has 1 aromatic carbocycles. The lowest BCUT2D eigenvalue weighted by molar-refractivity contribution is -0.136. The van der Waals surface area contributed by atoms with Crippen LogP contribution in [0.2, 0.25) is 0 Å². The summed E-state index contributed by atoms with van der Waals surface area (Å²) in [6.07, 6.45) is 1.20. The molecule has 0 saturated heterocycles. The van der Waals surface area contributed by atoms with E-state index in [1.54, 1.807) is 11.3 Å². The number of thiophene rings is 1. The highest BCUT2D eigenvalue weighted by Crippen LogP contribution is 2.25. The number of hydrogen-bond donors (Lipinski definition) is 1. The zero-order chi connectivity index (χ0) is 15.2. The molecule has 21 heavy (non-hydrogen) atoms. The first kappa shape index (κ1) is 15.6. The third-order valence-corrected chi connectivity index (χ3v) is 4.68. The summed E-state index contributed by atoms with van der Waals surface area (Å²) in [7, 11) is 0. The van der Waals surface area contributed by atoms with Crippen LogP contribution in [-0.4, -0.2) is 17.6 Å². The van der Waals surface area contributed by atoms with Crippen LogP contribution in [0.15, 0.2) is 36.4 Å². The summed E-state index contributed by atoms with van der Waals surface area (Å²) in [4.78, 5) is 15.7. The van der Waals surface area contributed by atoms with Crippen molar-refractivity contribution in [2.24, 2.45) is 0 Å². The Morgan fingerprint density at radius 1 is 1.19 bits per heavy atom. The van der Waals surface area contributed by atoms with Gasteiger partial charge in [-0.25, -0.2) is 0 Å². The van der Waals surface area contributed by atoms with E-state index in [1.807, 2.05) is 12.1 Å². The number of carbonyl (C=O) groups is 1. The van der Waals surface area contributed by atoms with Crippen LogP contribution in [-0.2, 0) is 17.8 Å². The molecule has 3 nitrogen and oxygen atoms in total. The maximum absolute atomic E-state index is 10.9. The molecular formula is C17H21NO2S. The van der Waals surface area contributed by atoms with Gasteiger partial charge in [-0.1, -0.05) is 25.1 Å². The monoisotopic (exact) mass is 303 g/mol. The molecule has 0 spiro atoms. The lowest BCUT2D eigenvalue weighted by Gasteiger charge is -2.25. The summed E-state index contributed by atoms with van der Waals surface area (Å²) in [5, 5.41) is 8.96. The van der Waals surface area contributed by atoms with Crippen molar-refractivity contribution in [3.05, 3.63) is 51.7 Å². The van der Waals surface area contributed by atoms with Gasteiger partial charge in [0.15, 0.2) is 0 Å². The molecule has 0 saturated carbocycles. The minimum Gasteiger partial charge on any atom is -0.481 e. The first-order valence-corrected chi connectivity index (χ1v) is 8.01. The second-order valence-electron chi connectivity index (χ2n) is 5.07. The van der Waals surface area contributed by atoms with E-state index in [0.717, 1.165) is 18.7 Å². The van der Waals surface area contributed by atoms with E-state index in [4.69, 9.17) is 5.11 Å². The highest BCUT2D eigenvalue weighted by Gasteiger charge is 2.12. The van der Waals surface area contributed by atoms with E-state index < -0.39 is 5.97 Å². The maximum Gasteiger partial charge on any atom is 0.305 e. The Labute approximate surface area is 129 Å². The fraction of sp³-hybridized carbons (Fsp3) is 0.353. The molecule has 0 amide bonds. The van der Waals surface area contributed by atoms with Crippen molar-refractivity contribution in [1.29, 1.82) is 0 Å². The normalized spacial score (nSPS) is 10.6. The molecule has 0 aliphatic rings. The van der Waals surface area contributed by atoms with Crippen LogP contribution in [0.5, 0.6) is 0 Å². The Kier molecular flexibility index (Phi) is 5.39. The highest BCUT2D eigenvalue weighted by atomic mass is 32.1. The molecule has 0 aliphatic heterocycles. The van der Waals surface area contributed by atoms with Gasteiger partial charge in [0, 0.05) is 22.0 Å². The topological polar surface area (TPSA) is 40.5 Å². The Morgan fingerprint density at radius 3 is 2.52 bits per heavy atom. The average Bonchev–Trinajstić information content (AvgIpc) is 2.92. The first-order valence-electron chi connectivity index (χ1n) is 7.20. The highest BCUT2D eigenvalue weighted by molar-refractivity contribution is 7.12. The zero-order valence-corrected chi connectivity index (χ0v) is 13.3. The number of para-hydroxylation sites is 1. The van der Waals surface area contributed by atoms with Gasteiger partial charge in [-0.15, -0.1) is 11.3 Å². The molecule has 0 fully saturated rings. The zero-order valence-electron chi connectivity index (χ0n) is 12.5. The molecule has 1 N–H and O–H groups in total. The van der Waals surface area contributed by atoms with Gasteiger partial charge in [0.1, 0.15) is 0 Å². The quantitative estimate of drug-likeness (QED) is 0.837. The Bertz CT molecular complexity index is 606. The third kappa shape index (κ3) is 4.33. The number of benzene rings is 1. The van der Waals surface area contributed by atoms with Crippen molar-refractivity contribution in [3.8, 4) is 0 Å². The summed E-state index contributed by atoms with van der Waals surface area (Å²) >= 11 is 1.81. The van der Waals surface area contributed by atoms with Gasteiger partial charge in [-0.05, 0) is 37.1 Å². The number of rotatable bonds is 7. The third-order valence-electron chi connectivity index (χ3n) is 3.46. The average molecular weight is 303 g/mol. The van der Waals surface area contributed by atoms with E-state index >= 15 is 0 Å².